The van der Waals surface area contributed by atoms with E-state index in [1.807, 2.05) is 36.4 Å². The molecule has 8 N–H and O–H groups in total. The van der Waals surface area contributed by atoms with Crippen molar-refractivity contribution in [2.24, 2.45) is 0 Å². The summed E-state index contributed by atoms with van der Waals surface area (Å²) >= 11 is 0. The van der Waals surface area contributed by atoms with Gasteiger partial charge in [0.2, 0.25) is 11.8 Å². The van der Waals surface area contributed by atoms with Gasteiger partial charge in [-0.2, -0.15) is 0 Å². The number of aromatic nitrogens is 2. The van der Waals surface area contributed by atoms with Crippen LogP contribution in [0, 0.1) is 20.0 Å². The summed E-state index contributed by atoms with van der Waals surface area (Å²) in [6.45, 7) is 15.7. The molecular weight excluding hydrogens is 1000 g/mol. The number of rotatable bonds is 30. The van der Waals surface area contributed by atoms with Gasteiger partial charge in [0.25, 0.3) is 0 Å². The quantitative estimate of drug-likeness (QED) is 0.0317. The average molecular weight is 1060 g/mol. The minimum absolute atomic E-state index is 0. The van der Waals surface area contributed by atoms with E-state index in [0.717, 1.165) is 17.8 Å². The van der Waals surface area contributed by atoms with Gasteiger partial charge in [0.1, 0.15) is 18.1 Å². The predicted octanol–water partition coefficient (Wildman–Crippen LogP) is 2.80. The van der Waals surface area contributed by atoms with Crippen LogP contribution in [0.15, 0.2) is 48.8 Å². The molecule has 0 saturated carbocycles. The second-order valence-electron chi connectivity index (χ2n) is 13.4. The first-order chi connectivity index (χ1) is 29.8. The van der Waals surface area contributed by atoms with Gasteiger partial charge in [0, 0.05) is 71.7 Å². The number of carboxylic acid groups (broad SMARTS) is 4. The largest absolute Gasteiger partial charge is 0 e. The van der Waals surface area contributed by atoms with E-state index in [9.17, 15) is 43.8 Å². The number of carboxylic acids is 4. The molecule has 0 aliphatic rings. The molecule has 1 radical (unpaired) electrons. The van der Waals surface area contributed by atoms with Crippen LogP contribution in [-0.4, -0.2) is 108 Å². The molecule has 0 aromatic carbocycles. The zero-order valence-electron chi connectivity index (χ0n) is 34.7. The van der Waals surface area contributed by atoms with Crippen molar-refractivity contribution < 1.29 is 88.4 Å². The Balaban J connectivity index is -0.00000492. The van der Waals surface area contributed by atoms with Crippen LogP contribution in [0.5, 0.6) is 0 Å². The zero-order valence-corrected chi connectivity index (χ0v) is 37.4. The van der Waals surface area contributed by atoms with Gasteiger partial charge in [0.05, 0.1) is 11.4 Å². The van der Waals surface area contributed by atoms with Crippen LogP contribution < -0.4 is 21.3 Å². The smallest absolute Gasteiger partial charge is 0 e. The van der Waals surface area contributed by atoms with Crippen molar-refractivity contribution >= 4 is 41.7 Å². The SMILES string of the molecule is O=C(O)CC[C@H](NC(=O)N[C@@H](CCCCNC(=O)CCCCCCC(=O)N[C@@H](CCCCN(Cc1ccccn1)Cc1ccccn1)C(=O)O)C(=O)O)C(=O)O.[C-]#[O+].[C-]#[O+].[C-]#[O+].[Re]. The summed E-state index contributed by atoms with van der Waals surface area (Å²) in [6.07, 6.45) is 8.02. The van der Waals surface area contributed by atoms with E-state index in [1.54, 1.807) is 12.4 Å². The first-order valence-electron chi connectivity index (χ1n) is 19.5. The van der Waals surface area contributed by atoms with E-state index in [-0.39, 0.29) is 64.5 Å². The summed E-state index contributed by atoms with van der Waals surface area (Å²) in [7, 11) is 0. The van der Waals surface area contributed by atoms with Crippen molar-refractivity contribution in [2.45, 2.75) is 121 Å². The third-order valence-corrected chi connectivity index (χ3v) is 8.73. The number of hydrogen-bond acceptors (Lipinski definition) is 10. The topological polar surface area (TPSA) is 337 Å². The fourth-order valence-corrected chi connectivity index (χ4v) is 5.72. The minimum atomic E-state index is -1.50. The van der Waals surface area contributed by atoms with Crippen molar-refractivity contribution in [3.8, 4) is 0 Å². The number of carbonyl (C=O) groups excluding carboxylic acids is 3. The number of unbranched alkanes of at least 4 members (excludes halogenated alkanes) is 5. The summed E-state index contributed by atoms with van der Waals surface area (Å²) in [5, 5.41) is 46.6. The number of amides is 4. The van der Waals surface area contributed by atoms with Crippen LogP contribution in [-0.2, 0) is 76.2 Å². The first kappa shape index (κ1) is 61.5. The van der Waals surface area contributed by atoms with Crippen LogP contribution in [0.4, 0.5) is 4.79 Å². The number of aliphatic carboxylic acids is 4. The molecule has 0 fully saturated rings. The maximum absolute atomic E-state index is 12.5. The van der Waals surface area contributed by atoms with Gasteiger partial charge in [-0.05, 0) is 88.6 Å². The maximum Gasteiger partial charge on any atom is 0 e. The fourth-order valence-electron chi connectivity index (χ4n) is 5.72. The van der Waals surface area contributed by atoms with E-state index >= 15 is 0 Å². The first-order valence-corrected chi connectivity index (χ1v) is 19.5. The Morgan fingerprint density at radius 2 is 1.00 bits per heavy atom. The Bertz CT molecular complexity index is 1630. The van der Waals surface area contributed by atoms with Crippen molar-refractivity contribution in [3.05, 3.63) is 80.1 Å². The van der Waals surface area contributed by atoms with Gasteiger partial charge in [0.15, 0.2) is 0 Å². The Morgan fingerprint density at radius 3 is 1.44 bits per heavy atom. The molecule has 0 spiro atoms. The molecule has 2 rings (SSSR count). The van der Waals surface area contributed by atoms with E-state index < -0.39 is 54.5 Å². The molecule has 2 heterocycles. The Hall–Kier alpha value is -5.77. The number of pyridine rings is 2. The van der Waals surface area contributed by atoms with E-state index in [1.165, 1.54) is 0 Å². The summed E-state index contributed by atoms with van der Waals surface area (Å²) in [5.74, 6) is -5.61. The van der Waals surface area contributed by atoms with Crippen molar-refractivity contribution in [2.75, 3.05) is 13.1 Å². The number of nitrogens with one attached hydrogen (secondary N) is 4. The molecule has 0 unspecified atom stereocenters. The van der Waals surface area contributed by atoms with E-state index in [0.29, 0.717) is 71.0 Å². The average Bonchev–Trinajstić information content (AvgIpc) is 3.26. The van der Waals surface area contributed by atoms with Crippen molar-refractivity contribution in [3.63, 3.8) is 0 Å². The minimum Gasteiger partial charge on any atom is 0 e. The van der Waals surface area contributed by atoms with Gasteiger partial charge in [-0.25, -0.2) is 19.2 Å². The maximum atomic E-state index is 12.5. The van der Waals surface area contributed by atoms with Crippen LogP contribution in [0.3, 0.4) is 0 Å². The van der Waals surface area contributed by atoms with Crippen LogP contribution >= 0.6 is 0 Å². The van der Waals surface area contributed by atoms with E-state index in [2.05, 4.69) is 56.1 Å². The monoisotopic (exact) mass is 1060 g/mol. The van der Waals surface area contributed by atoms with Crippen LogP contribution in [0.2, 0.25) is 0 Å². The normalized spacial score (nSPS) is 11.2. The summed E-state index contributed by atoms with van der Waals surface area (Å²) in [5.41, 5.74) is 1.85. The second kappa shape index (κ2) is 40.3. The molecular formula is C41H55N7O14Re. The third kappa shape index (κ3) is 32.6. The standard InChI is InChI=1S/C38H55N7O11.3CO.Re/c46-32(41-23-11-7-15-30(36(52)53)43-38(56)44-31(37(54)55)19-20-34(48)49)17-3-1-2-4-18-33(47)42-29(35(50)51)16-8-12-24-45(25-27-13-5-9-21-39-27)26-28-14-6-10-22-40-28;3*1-2;/h5-6,9-10,13-14,21-22,29-31H,1-4,7-8,11-12,15-20,23-26H2,(H,41,46)(H,42,47)(H,48,49)(H,50,51)(H,52,53)(H,54,55)(H2,43,44,56);;;;/t29-,30-,31-;;;;/m0..../s1. The molecule has 0 saturated heterocycles. The zero-order chi connectivity index (χ0) is 47.1. The Kier molecular flexibility index (Phi) is 39.4. The Morgan fingerprint density at radius 1 is 0.556 bits per heavy atom. The van der Waals surface area contributed by atoms with Gasteiger partial charge in [-0.15, -0.1) is 0 Å². The molecule has 21 nitrogen and oxygen atoms in total. The van der Waals surface area contributed by atoms with Crippen LogP contribution in [0.25, 0.3) is 0 Å². The van der Waals surface area contributed by atoms with Gasteiger partial charge in [-0.1, -0.05) is 25.0 Å². The van der Waals surface area contributed by atoms with Gasteiger partial charge < -0.3 is 41.7 Å². The molecule has 0 aliphatic heterocycles. The summed E-state index contributed by atoms with van der Waals surface area (Å²) in [4.78, 5) is 93.2. The molecule has 2 aromatic rings. The van der Waals surface area contributed by atoms with Gasteiger partial charge in [-0.3, -0.25) is 29.3 Å². The van der Waals surface area contributed by atoms with Gasteiger partial charge >= 0.3 is 63.8 Å². The second-order valence-corrected chi connectivity index (χ2v) is 13.4. The van der Waals surface area contributed by atoms with Crippen LogP contribution in [0.1, 0.15) is 101 Å². The molecule has 0 aliphatic carbocycles. The predicted molar refractivity (Wildman–Crippen MR) is 214 cm³/mol. The fraction of sp³-hybridized carbons (Fsp3) is 0.512. The van der Waals surface area contributed by atoms with Crippen molar-refractivity contribution in [1.29, 1.82) is 0 Å². The molecule has 3 atom stereocenters. The number of carbonyl (C=O) groups is 7. The molecule has 345 valence electrons. The molecule has 2 aromatic heterocycles. The molecule has 0 bridgehead atoms. The summed E-state index contributed by atoms with van der Waals surface area (Å²) < 4.78 is 22.5. The number of hydrogen-bond donors (Lipinski definition) is 8. The number of urea groups is 1. The third-order valence-electron chi connectivity index (χ3n) is 8.73. The van der Waals surface area contributed by atoms with Crippen molar-refractivity contribution in [1.82, 2.24) is 36.1 Å². The van der Waals surface area contributed by atoms with E-state index in [4.69, 9.17) is 24.2 Å². The number of nitrogens with zero attached hydrogens (tertiary/aromatic N) is 3. The summed E-state index contributed by atoms with van der Waals surface area (Å²) in [6, 6.07) is 6.67. The molecule has 22 heteroatoms. The molecule has 63 heavy (non-hydrogen) atoms. The molecule has 4 amide bonds. The Labute approximate surface area is 379 Å².